The van der Waals surface area contributed by atoms with Gasteiger partial charge < -0.3 is 10.2 Å². The van der Waals surface area contributed by atoms with Crippen LogP contribution in [0.5, 0.6) is 0 Å². The fourth-order valence-electron chi connectivity index (χ4n) is 2.64. The molecule has 0 spiro atoms. The van der Waals surface area contributed by atoms with Crippen molar-refractivity contribution in [2.24, 2.45) is 0 Å². The summed E-state index contributed by atoms with van der Waals surface area (Å²) in [6.45, 7) is 2.03. The number of carbonyl (C=O) groups excluding carboxylic acids is 2. The molecule has 0 radical (unpaired) electrons. The number of rotatable bonds is 4. The highest BCUT2D eigenvalue weighted by molar-refractivity contribution is 5.97. The summed E-state index contributed by atoms with van der Waals surface area (Å²) in [7, 11) is 0. The van der Waals surface area contributed by atoms with Gasteiger partial charge in [0.1, 0.15) is 0 Å². The minimum absolute atomic E-state index is 0.0444. The first-order valence-electron chi connectivity index (χ1n) is 7.81. The van der Waals surface area contributed by atoms with Gasteiger partial charge in [0.25, 0.3) is 11.8 Å². The third kappa shape index (κ3) is 3.74. The summed E-state index contributed by atoms with van der Waals surface area (Å²) in [6, 6.07) is 12.4. The fourth-order valence-corrected chi connectivity index (χ4v) is 2.64. The number of likely N-dealkylation sites (tertiary alicyclic amines) is 1. The number of hydrogen-bond acceptors (Lipinski definition) is 3. The highest BCUT2D eigenvalue weighted by atomic mass is 16.2. The topological polar surface area (TPSA) is 62.3 Å². The lowest BCUT2D eigenvalue weighted by Crippen LogP contribution is -2.27. The van der Waals surface area contributed by atoms with Crippen LogP contribution < -0.4 is 5.32 Å². The van der Waals surface area contributed by atoms with Gasteiger partial charge in [0.05, 0.1) is 12.2 Å². The van der Waals surface area contributed by atoms with Crippen molar-refractivity contribution in [3.8, 4) is 0 Å². The number of carbonyl (C=O) groups is 2. The van der Waals surface area contributed by atoms with E-state index in [0.29, 0.717) is 17.7 Å². The van der Waals surface area contributed by atoms with Gasteiger partial charge in [-0.1, -0.05) is 6.07 Å². The second-order valence-corrected chi connectivity index (χ2v) is 5.58. The Kier molecular flexibility index (Phi) is 4.66. The Morgan fingerprint density at radius 3 is 2.35 bits per heavy atom. The van der Waals surface area contributed by atoms with E-state index in [9.17, 15) is 9.59 Å². The zero-order valence-corrected chi connectivity index (χ0v) is 12.9. The van der Waals surface area contributed by atoms with Crippen LogP contribution in [0.4, 0.5) is 0 Å². The maximum atomic E-state index is 12.3. The maximum Gasteiger partial charge on any atom is 0.253 e. The molecule has 1 aromatic heterocycles. The second kappa shape index (κ2) is 7.05. The van der Waals surface area contributed by atoms with Crippen molar-refractivity contribution in [3.63, 3.8) is 0 Å². The van der Waals surface area contributed by atoms with Gasteiger partial charge in [0.15, 0.2) is 0 Å². The number of hydrogen-bond donors (Lipinski definition) is 1. The maximum absolute atomic E-state index is 12.3. The number of benzene rings is 1. The molecule has 3 rings (SSSR count). The van der Waals surface area contributed by atoms with E-state index in [-0.39, 0.29) is 11.8 Å². The van der Waals surface area contributed by atoms with Crippen molar-refractivity contribution in [2.45, 2.75) is 19.4 Å². The summed E-state index contributed by atoms with van der Waals surface area (Å²) in [5.41, 5.74) is 1.98. The molecule has 2 heterocycles. The summed E-state index contributed by atoms with van der Waals surface area (Å²) in [6.07, 6.45) is 3.83. The number of pyridine rings is 1. The molecule has 1 aromatic carbocycles. The molecule has 118 valence electrons. The van der Waals surface area contributed by atoms with Gasteiger partial charge in [-0.05, 0) is 49.2 Å². The Bertz CT molecular complexity index is 677. The number of aromatic nitrogens is 1. The van der Waals surface area contributed by atoms with Crippen LogP contribution in [0.2, 0.25) is 0 Å². The summed E-state index contributed by atoms with van der Waals surface area (Å²) >= 11 is 0. The Morgan fingerprint density at radius 1 is 1.00 bits per heavy atom. The standard InChI is InChI=1S/C18H19N3O2/c22-17(20-13-16-5-1-2-10-19-16)14-6-8-15(9-7-14)18(23)21-11-3-4-12-21/h1-2,5-10H,3-4,11-13H2,(H,20,22). The van der Waals surface area contributed by atoms with Crippen LogP contribution in [0.25, 0.3) is 0 Å². The van der Waals surface area contributed by atoms with E-state index in [1.165, 1.54) is 0 Å². The Hall–Kier alpha value is -2.69. The van der Waals surface area contributed by atoms with E-state index in [0.717, 1.165) is 31.6 Å². The first-order valence-corrected chi connectivity index (χ1v) is 7.81. The third-order valence-electron chi connectivity index (χ3n) is 3.94. The summed E-state index contributed by atoms with van der Waals surface area (Å²) in [5, 5.41) is 2.82. The third-order valence-corrected chi connectivity index (χ3v) is 3.94. The van der Waals surface area contributed by atoms with E-state index in [4.69, 9.17) is 0 Å². The highest BCUT2D eigenvalue weighted by Crippen LogP contribution is 2.13. The lowest BCUT2D eigenvalue weighted by Gasteiger charge is -2.15. The molecule has 1 aliphatic heterocycles. The van der Waals surface area contributed by atoms with Crippen LogP contribution in [0, 0.1) is 0 Å². The predicted molar refractivity (Wildman–Crippen MR) is 87.0 cm³/mol. The monoisotopic (exact) mass is 309 g/mol. The minimum Gasteiger partial charge on any atom is -0.346 e. The van der Waals surface area contributed by atoms with Gasteiger partial charge in [0.2, 0.25) is 0 Å². The molecule has 0 unspecified atom stereocenters. The molecule has 0 aliphatic carbocycles. The van der Waals surface area contributed by atoms with Gasteiger partial charge in [-0.2, -0.15) is 0 Å². The van der Waals surface area contributed by atoms with Crippen molar-refractivity contribution in [1.29, 1.82) is 0 Å². The van der Waals surface area contributed by atoms with Gasteiger partial charge >= 0.3 is 0 Å². The van der Waals surface area contributed by atoms with Crippen molar-refractivity contribution >= 4 is 11.8 Å². The molecular formula is C18H19N3O2. The highest BCUT2D eigenvalue weighted by Gasteiger charge is 2.19. The molecule has 1 saturated heterocycles. The quantitative estimate of drug-likeness (QED) is 0.942. The van der Waals surface area contributed by atoms with Gasteiger partial charge in [0, 0.05) is 30.4 Å². The van der Waals surface area contributed by atoms with Crippen molar-refractivity contribution in [1.82, 2.24) is 15.2 Å². The predicted octanol–water partition coefficient (Wildman–Crippen LogP) is 2.25. The zero-order valence-electron chi connectivity index (χ0n) is 12.9. The molecule has 1 N–H and O–H groups in total. The van der Waals surface area contributed by atoms with Crippen LogP contribution in [0.3, 0.4) is 0 Å². The summed E-state index contributed by atoms with van der Waals surface area (Å²) < 4.78 is 0. The average molecular weight is 309 g/mol. The second-order valence-electron chi connectivity index (χ2n) is 5.58. The smallest absolute Gasteiger partial charge is 0.253 e. The zero-order chi connectivity index (χ0) is 16.1. The molecule has 1 fully saturated rings. The molecule has 5 nitrogen and oxygen atoms in total. The van der Waals surface area contributed by atoms with E-state index >= 15 is 0 Å². The van der Waals surface area contributed by atoms with Crippen molar-refractivity contribution in [2.75, 3.05) is 13.1 Å². The Morgan fingerprint density at radius 2 is 1.70 bits per heavy atom. The molecule has 0 saturated carbocycles. The van der Waals surface area contributed by atoms with Crippen LogP contribution in [-0.4, -0.2) is 34.8 Å². The normalized spacial score (nSPS) is 13.8. The molecule has 2 amide bonds. The fraction of sp³-hybridized carbons (Fsp3) is 0.278. The first kappa shape index (κ1) is 15.2. The van der Waals surface area contributed by atoms with Crippen molar-refractivity contribution < 1.29 is 9.59 Å². The Balaban J connectivity index is 1.60. The molecule has 0 atom stereocenters. The molecule has 5 heteroatoms. The van der Waals surface area contributed by atoms with E-state index in [2.05, 4.69) is 10.3 Å². The van der Waals surface area contributed by atoms with Crippen LogP contribution >= 0.6 is 0 Å². The van der Waals surface area contributed by atoms with E-state index in [1.807, 2.05) is 23.1 Å². The number of nitrogens with one attached hydrogen (secondary N) is 1. The van der Waals surface area contributed by atoms with Crippen molar-refractivity contribution in [3.05, 3.63) is 65.5 Å². The largest absolute Gasteiger partial charge is 0.346 e. The van der Waals surface area contributed by atoms with E-state index < -0.39 is 0 Å². The Labute approximate surface area is 135 Å². The molecule has 1 aliphatic rings. The molecule has 23 heavy (non-hydrogen) atoms. The SMILES string of the molecule is O=C(NCc1ccccn1)c1ccc(C(=O)N2CCCC2)cc1. The van der Waals surface area contributed by atoms with E-state index in [1.54, 1.807) is 30.5 Å². The molecule has 0 bridgehead atoms. The van der Waals surface area contributed by atoms with Crippen LogP contribution in [0.1, 0.15) is 39.3 Å². The summed E-state index contributed by atoms with van der Waals surface area (Å²) in [5.74, 6) is -0.126. The average Bonchev–Trinajstić information content (AvgIpc) is 3.15. The molecular weight excluding hydrogens is 290 g/mol. The first-order chi connectivity index (χ1) is 11.2. The molecule has 2 aromatic rings. The van der Waals surface area contributed by atoms with Crippen LogP contribution in [0.15, 0.2) is 48.7 Å². The number of amides is 2. The lowest BCUT2D eigenvalue weighted by molar-refractivity contribution is 0.0792. The number of nitrogens with zero attached hydrogens (tertiary/aromatic N) is 2. The van der Waals surface area contributed by atoms with Crippen LogP contribution in [-0.2, 0) is 6.54 Å². The lowest BCUT2D eigenvalue weighted by atomic mass is 10.1. The van der Waals surface area contributed by atoms with Gasteiger partial charge in [-0.15, -0.1) is 0 Å². The minimum atomic E-state index is -0.171. The summed E-state index contributed by atoms with van der Waals surface area (Å²) in [4.78, 5) is 30.4. The van der Waals surface area contributed by atoms with Gasteiger partial charge in [-0.25, -0.2) is 0 Å². The van der Waals surface area contributed by atoms with Gasteiger partial charge in [-0.3, -0.25) is 14.6 Å².